The lowest BCUT2D eigenvalue weighted by Gasteiger charge is -2.10. The first-order valence-corrected chi connectivity index (χ1v) is 9.07. The van der Waals surface area contributed by atoms with Gasteiger partial charge in [-0.3, -0.25) is 4.98 Å². The van der Waals surface area contributed by atoms with Crippen LogP contribution in [0.25, 0.3) is 11.4 Å². The van der Waals surface area contributed by atoms with Crippen LogP contribution in [0.1, 0.15) is 22.4 Å². The van der Waals surface area contributed by atoms with E-state index in [1.54, 1.807) is 36.8 Å². The van der Waals surface area contributed by atoms with Crippen LogP contribution < -0.4 is 4.74 Å². The number of benzene rings is 2. The van der Waals surface area contributed by atoms with Crippen molar-refractivity contribution in [2.75, 3.05) is 0 Å². The van der Waals surface area contributed by atoms with E-state index in [2.05, 4.69) is 21.0 Å². The van der Waals surface area contributed by atoms with Crippen molar-refractivity contribution in [3.05, 3.63) is 101 Å². The van der Waals surface area contributed by atoms with Crippen LogP contribution in [-0.2, 0) is 13.0 Å². The number of aromatic amines is 1. The van der Waals surface area contributed by atoms with Gasteiger partial charge in [0.1, 0.15) is 12.3 Å². The number of nitriles is 1. The third-order valence-corrected chi connectivity index (χ3v) is 4.46. The number of ether oxygens (including phenoxy) is 1. The zero-order valence-electron chi connectivity index (χ0n) is 15.5. The molecule has 0 saturated carbocycles. The second-order valence-corrected chi connectivity index (χ2v) is 6.49. The summed E-state index contributed by atoms with van der Waals surface area (Å²) in [5, 5.41) is 9.10. The lowest BCUT2D eigenvalue weighted by atomic mass is 10.1. The van der Waals surface area contributed by atoms with Crippen LogP contribution in [0.2, 0.25) is 0 Å². The van der Waals surface area contributed by atoms with Gasteiger partial charge in [-0.05, 0) is 35.4 Å². The molecule has 2 aromatic heterocycles. The molecule has 4 aromatic rings. The van der Waals surface area contributed by atoms with Gasteiger partial charge in [0.15, 0.2) is 11.6 Å². The molecule has 0 aliphatic heterocycles. The molecule has 0 atom stereocenters. The number of hydrogen-bond donors (Lipinski definition) is 1. The van der Waals surface area contributed by atoms with Gasteiger partial charge in [0.05, 0.1) is 23.7 Å². The number of pyridine rings is 1. The average molecular weight is 384 g/mol. The number of hydrogen-bond acceptors (Lipinski definition) is 4. The summed E-state index contributed by atoms with van der Waals surface area (Å²) in [5.41, 5.74) is 4.46. The van der Waals surface area contributed by atoms with Crippen molar-refractivity contribution in [3.8, 4) is 23.2 Å². The predicted molar refractivity (Wildman–Crippen MR) is 107 cm³/mol. The van der Waals surface area contributed by atoms with Crippen molar-refractivity contribution in [3.63, 3.8) is 0 Å². The Bertz CT molecular complexity index is 1160. The normalized spacial score (nSPS) is 10.5. The first-order chi connectivity index (χ1) is 14.2. The summed E-state index contributed by atoms with van der Waals surface area (Å²) < 4.78 is 19.9. The number of rotatable bonds is 6. The highest BCUT2D eigenvalue weighted by molar-refractivity contribution is 5.59. The fourth-order valence-electron chi connectivity index (χ4n) is 3.01. The Balaban J connectivity index is 1.55. The topological polar surface area (TPSA) is 74.6 Å². The van der Waals surface area contributed by atoms with Gasteiger partial charge in [-0.25, -0.2) is 9.37 Å². The monoisotopic (exact) mass is 384 g/mol. The van der Waals surface area contributed by atoms with E-state index in [4.69, 9.17) is 10.00 Å². The third-order valence-electron chi connectivity index (χ3n) is 4.46. The molecule has 4 rings (SSSR count). The third kappa shape index (κ3) is 4.30. The molecule has 0 aliphatic rings. The molecule has 2 aromatic carbocycles. The van der Waals surface area contributed by atoms with Crippen LogP contribution in [0.5, 0.6) is 5.75 Å². The maximum Gasteiger partial charge on any atom is 0.165 e. The Morgan fingerprint density at radius 1 is 1.00 bits per heavy atom. The SMILES string of the molecule is N#Cc1ccnc(-c2nc[nH]c2Cc2ccc(F)c(OCc3ccccc3)c2)c1. The fraction of sp³-hybridized carbons (Fsp3) is 0.0870. The minimum Gasteiger partial charge on any atom is -0.486 e. The van der Waals surface area contributed by atoms with Gasteiger partial charge < -0.3 is 9.72 Å². The van der Waals surface area contributed by atoms with Crippen LogP contribution in [0.3, 0.4) is 0 Å². The van der Waals surface area contributed by atoms with Gasteiger partial charge in [-0.2, -0.15) is 5.26 Å². The molecule has 0 spiro atoms. The molecule has 0 radical (unpaired) electrons. The summed E-state index contributed by atoms with van der Waals surface area (Å²) in [6.45, 7) is 0.293. The van der Waals surface area contributed by atoms with E-state index < -0.39 is 5.82 Å². The minimum atomic E-state index is -0.405. The van der Waals surface area contributed by atoms with Gasteiger partial charge in [-0.15, -0.1) is 0 Å². The summed E-state index contributed by atoms with van der Waals surface area (Å²) in [6.07, 6.45) is 3.66. The zero-order valence-corrected chi connectivity index (χ0v) is 15.5. The largest absolute Gasteiger partial charge is 0.486 e. The zero-order chi connectivity index (χ0) is 20.1. The lowest BCUT2D eigenvalue weighted by molar-refractivity contribution is 0.290. The van der Waals surface area contributed by atoms with Gasteiger partial charge in [-0.1, -0.05) is 36.4 Å². The number of halogens is 1. The van der Waals surface area contributed by atoms with E-state index in [9.17, 15) is 4.39 Å². The van der Waals surface area contributed by atoms with E-state index in [1.165, 1.54) is 6.07 Å². The second-order valence-electron chi connectivity index (χ2n) is 6.49. The number of H-pyrrole nitrogens is 1. The van der Waals surface area contributed by atoms with E-state index in [1.807, 2.05) is 30.3 Å². The molecular formula is C23H17FN4O. The Hall–Kier alpha value is -3.98. The summed E-state index contributed by atoms with van der Waals surface area (Å²) in [5.74, 6) is -0.199. The average Bonchev–Trinajstić information content (AvgIpc) is 3.23. The van der Waals surface area contributed by atoms with Gasteiger partial charge in [0.25, 0.3) is 0 Å². The molecule has 6 heteroatoms. The van der Waals surface area contributed by atoms with Gasteiger partial charge in [0, 0.05) is 18.3 Å². The molecule has 29 heavy (non-hydrogen) atoms. The molecular weight excluding hydrogens is 367 g/mol. The smallest absolute Gasteiger partial charge is 0.165 e. The highest BCUT2D eigenvalue weighted by Crippen LogP contribution is 2.25. The van der Waals surface area contributed by atoms with Gasteiger partial charge >= 0.3 is 0 Å². The highest BCUT2D eigenvalue weighted by atomic mass is 19.1. The van der Waals surface area contributed by atoms with Crippen LogP contribution in [0, 0.1) is 17.1 Å². The van der Waals surface area contributed by atoms with Crippen LogP contribution >= 0.6 is 0 Å². The Morgan fingerprint density at radius 2 is 1.86 bits per heavy atom. The van der Waals surface area contributed by atoms with Crippen molar-refractivity contribution in [2.45, 2.75) is 13.0 Å². The summed E-state index contributed by atoms with van der Waals surface area (Å²) in [7, 11) is 0. The van der Waals surface area contributed by atoms with Crippen molar-refractivity contribution in [2.24, 2.45) is 0 Å². The maximum absolute atomic E-state index is 14.2. The highest BCUT2D eigenvalue weighted by Gasteiger charge is 2.13. The first kappa shape index (κ1) is 18.4. The van der Waals surface area contributed by atoms with Crippen molar-refractivity contribution >= 4 is 0 Å². The Morgan fingerprint density at radius 3 is 2.69 bits per heavy atom. The molecule has 1 N–H and O–H groups in total. The van der Waals surface area contributed by atoms with E-state index in [0.29, 0.717) is 30.0 Å². The maximum atomic E-state index is 14.2. The summed E-state index contributed by atoms with van der Waals surface area (Å²) >= 11 is 0. The second kappa shape index (κ2) is 8.36. The summed E-state index contributed by atoms with van der Waals surface area (Å²) in [6, 6.07) is 19.9. The Labute approximate surface area is 167 Å². The molecule has 0 unspecified atom stereocenters. The molecule has 142 valence electrons. The van der Waals surface area contributed by atoms with Gasteiger partial charge in [0.2, 0.25) is 0 Å². The quantitative estimate of drug-likeness (QED) is 0.525. The molecule has 0 fully saturated rings. The molecule has 0 aliphatic carbocycles. The van der Waals surface area contributed by atoms with Crippen LogP contribution in [0.4, 0.5) is 4.39 Å². The number of imidazole rings is 1. The van der Waals surface area contributed by atoms with E-state index in [-0.39, 0.29) is 5.75 Å². The summed E-state index contributed by atoms with van der Waals surface area (Å²) in [4.78, 5) is 11.8. The van der Waals surface area contributed by atoms with Crippen molar-refractivity contribution < 1.29 is 9.13 Å². The predicted octanol–water partition coefficient (Wildman–Crippen LogP) is 4.65. The van der Waals surface area contributed by atoms with E-state index >= 15 is 0 Å². The van der Waals surface area contributed by atoms with Crippen molar-refractivity contribution in [1.29, 1.82) is 5.26 Å². The van der Waals surface area contributed by atoms with E-state index in [0.717, 1.165) is 16.8 Å². The molecule has 5 nitrogen and oxygen atoms in total. The Kier molecular flexibility index (Phi) is 5.30. The molecule has 0 amide bonds. The van der Waals surface area contributed by atoms with Crippen LogP contribution in [0.15, 0.2) is 73.2 Å². The molecule has 0 bridgehead atoms. The number of aromatic nitrogens is 3. The molecule has 2 heterocycles. The fourth-order valence-corrected chi connectivity index (χ4v) is 3.01. The van der Waals surface area contributed by atoms with Crippen LogP contribution in [-0.4, -0.2) is 15.0 Å². The standard InChI is InChI=1S/C23H17FN4O/c24-19-7-6-17(12-22(19)29-14-16-4-2-1-3-5-16)10-21-23(28-15-27-21)20-11-18(13-25)8-9-26-20/h1-9,11-12,15H,10,14H2,(H,27,28). The number of nitrogens with zero attached hydrogens (tertiary/aromatic N) is 3. The number of nitrogens with one attached hydrogen (secondary N) is 1. The minimum absolute atomic E-state index is 0.206. The first-order valence-electron chi connectivity index (χ1n) is 9.07. The van der Waals surface area contributed by atoms with Crippen molar-refractivity contribution in [1.82, 2.24) is 15.0 Å². The lowest BCUT2D eigenvalue weighted by Crippen LogP contribution is -1.99. The molecule has 0 saturated heterocycles.